The summed E-state index contributed by atoms with van der Waals surface area (Å²) in [7, 11) is 2.08. The second-order valence-electron chi connectivity index (χ2n) is 4.93. The lowest BCUT2D eigenvalue weighted by atomic mass is 9.90. The number of benzene rings is 1. The zero-order chi connectivity index (χ0) is 12.4. The Labute approximate surface area is 113 Å². The van der Waals surface area contributed by atoms with Crippen LogP contribution in [0.1, 0.15) is 37.3 Å². The molecule has 0 bridgehead atoms. The molecule has 2 heteroatoms. The van der Waals surface area contributed by atoms with E-state index in [1.54, 1.807) is 5.57 Å². The molecule has 1 atom stereocenters. The molecule has 1 unspecified atom stereocenters. The van der Waals surface area contributed by atoms with Gasteiger partial charge in [-0.05, 0) is 55.1 Å². The number of thiophene rings is 1. The van der Waals surface area contributed by atoms with Crippen molar-refractivity contribution in [3.63, 3.8) is 0 Å². The third-order valence-corrected chi connectivity index (χ3v) is 4.79. The molecule has 18 heavy (non-hydrogen) atoms. The maximum Gasteiger partial charge on any atom is 0.0548 e. The van der Waals surface area contributed by atoms with Gasteiger partial charge >= 0.3 is 0 Å². The van der Waals surface area contributed by atoms with Crippen molar-refractivity contribution in [1.82, 2.24) is 5.32 Å². The van der Waals surface area contributed by atoms with E-state index in [9.17, 15) is 0 Å². The highest BCUT2D eigenvalue weighted by Crippen LogP contribution is 2.36. The first-order valence-corrected chi connectivity index (χ1v) is 7.60. The molecule has 3 rings (SSSR count). The first-order chi connectivity index (χ1) is 8.90. The maximum atomic E-state index is 3.50. The van der Waals surface area contributed by atoms with Crippen molar-refractivity contribution in [3.8, 4) is 0 Å². The molecule has 1 aliphatic rings. The van der Waals surface area contributed by atoms with Gasteiger partial charge in [-0.15, -0.1) is 11.3 Å². The molecule has 94 valence electrons. The Bertz CT molecular complexity index is 567. The van der Waals surface area contributed by atoms with Gasteiger partial charge in [-0.1, -0.05) is 29.8 Å². The van der Waals surface area contributed by atoms with Crippen molar-refractivity contribution < 1.29 is 0 Å². The van der Waals surface area contributed by atoms with E-state index < -0.39 is 0 Å². The maximum absolute atomic E-state index is 3.50. The van der Waals surface area contributed by atoms with Crippen LogP contribution in [-0.4, -0.2) is 7.05 Å². The molecule has 2 aromatic rings. The number of nitrogens with one attached hydrogen (secondary N) is 1. The second kappa shape index (κ2) is 5.25. The summed E-state index contributed by atoms with van der Waals surface area (Å²) >= 11 is 1.85. The van der Waals surface area contributed by atoms with Crippen LogP contribution in [0.25, 0.3) is 10.1 Å². The Morgan fingerprint density at radius 2 is 2.11 bits per heavy atom. The van der Waals surface area contributed by atoms with E-state index in [0.29, 0.717) is 6.04 Å². The van der Waals surface area contributed by atoms with Gasteiger partial charge in [0.1, 0.15) is 0 Å². The summed E-state index contributed by atoms with van der Waals surface area (Å²) in [6.45, 7) is 0. The molecular formula is C16H19NS. The molecule has 0 saturated carbocycles. The molecule has 1 nitrogen and oxygen atoms in total. The predicted molar refractivity (Wildman–Crippen MR) is 80.2 cm³/mol. The van der Waals surface area contributed by atoms with E-state index in [4.69, 9.17) is 0 Å². The van der Waals surface area contributed by atoms with Crippen LogP contribution < -0.4 is 5.32 Å². The standard InChI is InChI=1S/C16H19NS/c1-17-16(12-7-3-2-4-8-12)14-11-18-15-10-6-5-9-13(14)15/h5-7,9-11,16-17H,2-4,8H2,1H3. The van der Waals surface area contributed by atoms with Gasteiger partial charge < -0.3 is 5.32 Å². The predicted octanol–water partition coefficient (Wildman–Crippen LogP) is 4.66. The average Bonchev–Trinajstić information content (AvgIpc) is 2.85. The van der Waals surface area contributed by atoms with E-state index in [-0.39, 0.29) is 0 Å². The highest BCUT2D eigenvalue weighted by Gasteiger charge is 2.19. The molecule has 0 radical (unpaired) electrons. The lowest BCUT2D eigenvalue weighted by Crippen LogP contribution is -2.19. The Hall–Kier alpha value is -1.12. The molecule has 0 spiro atoms. The molecule has 1 aromatic carbocycles. The third kappa shape index (κ3) is 2.11. The zero-order valence-electron chi connectivity index (χ0n) is 10.8. The van der Waals surface area contributed by atoms with E-state index in [1.807, 2.05) is 11.3 Å². The summed E-state index contributed by atoms with van der Waals surface area (Å²) in [4.78, 5) is 0. The van der Waals surface area contributed by atoms with Gasteiger partial charge in [-0.2, -0.15) is 0 Å². The van der Waals surface area contributed by atoms with Gasteiger partial charge in [0.15, 0.2) is 0 Å². The lowest BCUT2D eigenvalue weighted by molar-refractivity contribution is 0.596. The van der Waals surface area contributed by atoms with Crippen molar-refractivity contribution in [2.24, 2.45) is 0 Å². The van der Waals surface area contributed by atoms with Crippen LogP contribution in [0.2, 0.25) is 0 Å². The van der Waals surface area contributed by atoms with Gasteiger partial charge in [0.2, 0.25) is 0 Å². The molecule has 1 aromatic heterocycles. The van der Waals surface area contributed by atoms with Gasteiger partial charge in [0, 0.05) is 4.70 Å². The minimum atomic E-state index is 0.404. The fourth-order valence-electron chi connectivity index (χ4n) is 2.89. The second-order valence-corrected chi connectivity index (χ2v) is 5.84. The minimum Gasteiger partial charge on any atom is -0.310 e. The average molecular weight is 257 g/mol. The molecule has 0 fully saturated rings. The van der Waals surface area contributed by atoms with Gasteiger partial charge in [-0.3, -0.25) is 0 Å². The Morgan fingerprint density at radius 3 is 2.89 bits per heavy atom. The van der Waals surface area contributed by atoms with Crippen LogP contribution in [0.3, 0.4) is 0 Å². The first kappa shape index (κ1) is 11.9. The Balaban J connectivity index is 2.03. The molecule has 0 aliphatic heterocycles. The SMILES string of the molecule is CNC(C1=CCCCC1)c1csc2ccccc12. The van der Waals surface area contributed by atoms with E-state index in [0.717, 1.165) is 0 Å². The summed E-state index contributed by atoms with van der Waals surface area (Å²) in [5, 5.41) is 7.24. The minimum absolute atomic E-state index is 0.404. The molecule has 1 N–H and O–H groups in total. The van der Waals surface area contributed by atoms with Gasteiger partial charge in [-0.25, -0.2) is 0 Å². The van der Waals surface area contributed by atoms with Crippen molar-refractivity contribution in [1.29, 1.82) is 0 Å². The van der Waals surface area contributed by atoms with E-state index in [2.05, 4.69) is 48.1 Å². The summed E-state index contributed by atoms with van der Waals surface area (Å²) in [5.74, 6) is 0. The topological polar surface area (TPSA) is 12.0 Å². The Kier molecular flexibility index (Phi) is 3.48. The number of likely N-dealkylation sites (N-methyl/N-ethyl adjacent to an activating group) is 1. The summed E-state index contributed by atoms with van der Waals surface area (Å²) < 4.78 is 1.39. The van der Waals surface area contributed by atoms with Crippen LogP contribution in [0.15, 0.2) is 41.3 Å². The van der Waals surface area contributed by atoms with Crippen LogP contribution in [0.5, 0.6) is 0 Å². The lowest BCUT2D eigenvalue weighted by Gasteiger charge is -2.22. The number of rotatable bonds is 3. The zero-order valence-corrected chi connectivity index (χ0v) is 11.6. The molecule has 1 heterocycles. The molecule has 0 saturated heterocycles. The third-order valence-electron chi connectivity index (χ3n) is 3.81. The largest absolute Gasteiger partial charge is 0.310 e. The highest BCUT2D eigenvalue weighted by atomic mass is 32.1. The summed E-state index contributed by atoms with van der Waals surface area (Å²) in [5.41, 5.74) is 3.03. The number of allylic oxidation sites excluding steroid dienone is 1. The van der Waals surface area contributed by atoms with Crippen LogP contribution >= 0.6 is 11.3 Å². The quantitative estimate of drug-likeness (QED) is 0.788. The summed E-state index contributed by atoms with van der Waals surface area (Å²) in [6.07, 6.45) is 7.62. The van der Waals surface area contributed by atoms with Gasteiger partial charge in [0.05, 0.1) is 6.04 Å². The van der Waals surface area contributed by atoms with Crippen molar-refractivity contribution in [2.75, 3.05) is 7.05 Å². The fraction of sp³-hybridized carbons (Fsp3) is 0.375. The molecule has 0 amide bonds. The van der Waals surface area contributed by atoms with Crippen molar-refractivity contribution >= 4 is 21.4 Å². The molecule has 1 aliphatic carbocycles. The normalized spacial score (nSPS) is 17.7. The molecular weight excluding hydrogens is 238 g/mol. The number of fused-ring (bicyclic) bond motifs is 1. The van der Waals surface area contributed by atoms with E-state index in [1.165, 1.54) is 41.3 Å². The number of hydrogen-bond donors (Lipinski definition) is 1. The fourth-order valence-corrected chi connectivity index (χ4v) is 3.87. The van der Waals surface area contributed by atoms with Crippen LogP contribution in [-0.2, 0) is 0 Å². The van der Waals surface area contributed by atoms with Crippen molar-refractivity contribution in [3.05, 3.63) is 46.9 Å². The van der Waals surface area contributed by atoms with Crippen molar-refractivity contribution in [2.45, 2.75) is 31.7 Å². The monoisotopic (exact) mass is 257 g/mol. The van der Waals surface area contributed by atoms with Crippen LogP contribution in [0.4, 0.5) is 0 Å². The van der Waals surface area contributed by atoms with E-state index >= 15 is 0 Å². The highest BCUT2D eigenvalue weighted by molar-refractivity contribution is 7.17. The Morgan fingerprint density at radius 1 is 1.22 bits per heavy atom. The van der Waals surface area contributed by atoms with Crippen LogP contribution in [0, 0.1) is 0 Å². The summed E-state index contributed by atoms with van der Waals surface area (Å²) in [6, 6.07) is 9.12. The smallest absolute Gasteiger partial charge is 0.0548 e. The van der Waals surface area contributed by atoms with Gasteiger partial charge in [0.25, 0.3) is 0 Å². The first-order valence-electron chi connectivity index (χ1n) is 6.72. The number of hydrogen-bond acceptors (Lipinski definition) is 2.